The quantitative estimate of drug-likeness (QED) is 0.519. The van der Waals surface area contributed by atoms with Gasteiger partial charge in [0.1, 0.15) is 30.2 Å². The minimum absolute atomic E-state index is 0.451. The standard InChI is InChI=1S/C14H16BrNO6/c15-6-1-2-8-7(3-6)10(4-16-8)21-14-12(20)11(19)13(22-14)9(18)5-17/h1-4,9,11-14,16-20H,5H2/t9-,11+,12+,13-,14-/m0/s1. The van der Waals surface area contributed by atoms with Gasteiger partial charge in [0, 0.05) is 21.6 Å². The molecule has 2 heterocycles. The molecule has 120 valence electrons. The molecule has 5 N–H and O–H groups in total. The van der Waals surface area contributed by atoms with Gasteiger partial charge in [0.2, 0.25) is 6.29 Å². The third kappa shape index (κ3) is 2.73. The normalized spacial score (nSPS) is 29.9. The van der Waals surface area contributed by atoms with Crippen molar-refractivity contribution in [3.8, 4) is 5.75 Å². The number of hydrogen-bond acceptors (Lipinski definition) is 6. The maximum absolute atomic E-state index is 9.99. The Kier molecular flexibility index (Phi) is 4.40. The fraction of sp³-hybridized carbons (Fsp3) is 0.429. The Balaban J connectivity index is 1.81. The minimum Gasteiger partial charge on any atom is -0.460 e. The molecule has 2 aromatic rings. The van der Waals surface area contributed by atoms with Crippen LogP contribution in [0, 0.1) is 0 Å². The zero-order chi connectivity index (χ0) is 15.9. The molecule has 8 heteroatoms. The summed E-state index contributed by atoms with van der Waals surface area (Å²) in [5.74, 6) is 0.451. The van der Waals surface area contributed by atoms with Crippen molar-refractivity contribution in [2.45, 2.75) is 30.7 Å². The molecule has 1 fully saturated rings. The number of aromatic amines is 1. The number of ether oxygens (including phenoxy) is 2. The average molecular weight is 374 g/mol. The van der Waals surface area contributed by atoms with Crippen molar-refractivity contribution < 1.29 is 29.9 Å². The van der Waals surface area contributed by atoms with E-state index in [1.165, 1.54) is 0 Å². The van der Waals surface area contributed by atoms with Crippen molar-refractivity contribution in [1.82, 2.24) is 4.98 Å². The van der Waals surface area contributed by atoms with E-state index in [0.29, 0.717) is 5.75 Å². The van der Waals surface area contributed by atoms with Crippen LogP contribution in [-0.4, -0.2) is 62.7 Å². The molecule has 0 bridgehead atoms. The Morgan fingerprint density at radius 1 is 1.32 bits per heavy atom. The van der Waals surface area contributed by atoms with E-state index in [1.807, 2.05) is 18.2 Å². The highest BCUT2D eigenvalue weighted by Gasteiger charge is 2.47. The second kappa shape index (κ2) is 6.15. The van der Waals surface area contributed by atoms with Gasteiger partial charge >= 0.3 is 0 Å². The van der Waals surface area contributed by atoms with Gasteiger partial charge in [-0.1, -0.05) is 15.9 Å². The van der Waals surface area contributed by atoms with E-state index < -0.39 is 37.3 Å². The fourth-order valence-electron chi connectivity index (χ4n) is 2.48. The lowest BCUT2D eigenvalue weighted by molar-refractivity contribution is -0.136. The van der Waals surface area contributed by atoms with Crippen LogP contribution < -0.4 is 4.74 Å². The number of rotatable bonds is 4. The number of aliphatic hydroxyl groups is 4. The van der Waals surface area contributed by atoms with E-state index in [1.54, 1.807) is 6.20 Å². The third-order valence-electron chi connectivity index (χ3n) is 3.67. The third-order valence-corrected chi connectivity index (χ3v) is 4.17. The summed E-state index contributed by atoms with van der Waals surface area (Å²) in [5.41, 5.74) is 0.846. The Bertz CT molecular complexity index is 662. The van der Waals surface area contributed by atoms with E-state index in [2.05, 4.69) is 20.9 Å². The first kappa shape index (κ1) is 15.7. The number of H-pyrrole nitrogens is 1. The first-order chi connectivity index (χ1) is 10.5. The first-order valence-electron chi connectivity index (χ1n) is 6.75. The van der Waals surface area contributed by atoms with Gasteiger partial charge in [0.15, 0.2) is 0 Å². The fourth-order valence-corrected chi connectivity index (χ4v) is 2.84. The zero-order valence-corrected chi connectivity index (χ0v) is 13.0. The molecule has 0 unspecified atom stereocenters. The number of aromatic nitrogens is 1. The topological polar surface area (TPSA) is 115 Å². The molecule has 1 aliphatic rings. The Morgan fingerprint density at radius 2 is 2.09 bits per heavy atom. The second-order valence-electron chi connectivity index (χ2n) is 5.16. The van der Waals surface area contributed by atoms with Crippen LogP contribution in [0.2, 0.25) is 0 Å². The molecule has 5 atom stereocenters. The van der Waals surface area contributed by atoms with Crippen LogP contribution >= 0.6 is 15.9 Å². The van der Waals surface area contributed by atoms with Crippen LogP contribution in [0.5, 0.6) is 5.75 Å². The van der Waals surface area contributed by atoms with E-state index in [4.69, 9.17) is 14.6 Å². The SMILES string of the molecule is OC[C@H](O)[C@@H]1O[C@H](Oc2c[nH]c3ccc(Br)cc23)[C@H](O)[C@H]1O. The van der Waals surface area contributed by atoms with Crippen LogP contribution in [0.3, 0.4) is 0 Å². The van der Waals surface area contributed by atoms with Crippen LogP contribution in [0.1, 0.15) is 0 Å². The van der Waals surface area contributed by atoms with Crippen molar-refractivity contribution >= 4 is 26.8 Å². The molecule has 22 heavy (non-hydrogen) atoms. The van der Waals surface area contributed by atoms with Gasteiger partial charge in [-0.3, -0.25) is 0 Å². The summed E-state index contributed by atoms with van der Waals surface area (Å²) in [7, 11) is 0. The molecule has 1 saturated heterocycles. The Morgan fingerprint density at radius 3 is 2.82 bits per heavy atom. The lowest BCUT2D eigenvalue weighted by atomic mass is 10.1. The predicted octanol–water partition coefficient (Wildman–Crippen LogP) is 0.109. The number of nitrogens with one attached hydrogen (secondary N) is 1. The van der Waals surface area contributed by atoms with Gasteiger partial charge in [-0.15, -0.1) is 0 Å². The number of benzene rings is 1. The smallest absolute Gasteiger partial charge is 0.229 e. The van der Waals surface area contributed by atoms with Crippen LogP contribution in [0.4, 0.5) is 0 Å². The Labute approximate surface area is 134 Å². The molecule has 0 radical (unpaired) electrons. The zero-order valence-electron chi connectivity index (χ0n) is 11.4. The van der Waals surface area contributed by atoms with E-state index >= 15 is 0 Å². The van der Waals surface area contributed by atoms with Crippen molar-refractivity contribution in [3.63, 3.8) is 0 Å². The summed E-state index contributed by atoms with van der Waals surface area (Å²) in [6.45, 7) is -0.582. The van der Waals surface area contributed by atoms with Crippen molar-refractivity contribution in [1.29, 1.82) is 0 Å². The molecule has 0 spiro atoms. The van der Waals surface area contributed by atoms with Crippen molar-refractivity contribution in [2.24, 2.45) is 0 Å². The maximum atomic E-state index is 9.99. The molecule has 7 nitrogen and oxygen atoms in total. The predicted molar refractivity (Wildman–Crippen MR) is 80.4 cm³/mol. The lowest BCUT2D eigenvalue weighted by Crippen LogP contribution is -2.40. The maximum Gasteiger partial charge on any atom is 0.229 e. The van der Waals surface area contributed by atoms with Gasteiger partial charge < -0.3 is 34.9 Å². The van der Waals surface area contributed by atoms with E-state index in [9.17, 15) is 15.3 Å². The van der Waals surface area contributed by atoms with Crippen LogP contribution in [0.15, 0.2) is 28.9 Å². The monoisotopic (exact) mass is 373 g/mol. The van der Waals surface area contributed by atoms with Gasteiger partial charge in [0.25, 0.3) is 0 Å². The molecule has 1 aliphatic heterocycles. The van der Waals surface area contributed by atoms with E-state index in [-0.39, 0.29) is 0 Å². The van der Waals surface area contributed by atoms with Crippen LogP contribution in [-0.2, 0) is 4.74 Å². The molecule has 0 aliphatic carbocycles. The highest BCUT2D eigenvalue weighted by Crippen LogP contribution is 2.32. The molecule has 3 rings (SSSR count). The molecule has 0 amide bonds. The highest BCUT2D eigenvalue weighted by molar-refractivity contribution is 9.10. The summed E-state index contributed by atoms with van der Waals surface area (Å²) in [6.07, 6.45) is -4.60. The largest absolute Gasteiger partial charge is 0.460 e. The summed E-state index contributed by atoms with van der Waals surface area (Å²) in [5, 5.41) is 39.2. The lowest BCUT2D eigenvalue weighted by Gasteiger charge is -2.18. The van der Waals surface area contributed by atoms with Crippen molar-refractivity contribution in [2.75, 3.05) is 6.61 Å². The highest BCUT2D eigenvalue weighted by atomic mass is 79.9. The summed E-state index contributed by atoms with van der Waals surface area (Å²) >= 11 is 3.37. The van der Waals surface area contributed by atoms with Gasteiger partial charge in [-0.2, -0.15) is 0 Å². The molecule has 1 aromatic heterocycles. The van der Waals surface area contributed by atoms with Crippen molar-refractivity contribution in [3.05, 3.63) is 28.9 Å². The number of halogens is 1. The summed E-state index contributed by atoms with van der Waals surface area (Å²) in [6, 6.07) is 5.59. The van der Waals surface area contributed by atoms with Gasteiger partial charge in [-0.25, -0.2) is 0 Å². The number of aliphatic hydroxyl groups excluding tert-OH is 4. The molecular weight excluding hydrogens is 358 g/mol. The second-order valence-corrected chi connectivity index (χ2v) is 6.08. The van der Waals surface area contributed by atoms with E-state index in [0.717, 1.165) is 15.4 Å². The summed E-state index contributed by atoms with van der Waals surface area (Å²) in [4.78, 5) is 3.03. The minimum atomic E-state index is -1.34. The molecule has 1 aromatic carbocycles. The molecule has 0 saturated carbocycles. The number of fused-ring (bicyclic) bond motifs is 1. The molecular formula is C14H16BrNO6. The number of hydrogen-bond donors (Lipinski definition) is 5. The van der Waals surface area contributed by atoms with Gasteiger partial charge in [-0.05, 0) is 18.2 Å². The van der Waals surface area contributed by atoms with Crippen LogP contribution in [0.25, 0.3) is 10.9 Å². The first-order valence-corrected chi connectivity index (χ1v) is 7.54. The van der Waals surface area contributed by atoms with Gasteiger partial charge in [0.05, 0.1) is 6.61 Å². The average Bonchev–Trinajstić information content (AvgIpc) is 3.03. The summed E-state index contributed by atoms with van der Waals surface area (Å²) < 4.78 is 11.8. The Hall–Kier alpha value is -1.16.